The highest BCUT2D eigenvalue weighted by Crippen LogP contribution is 2.08. The zero-order chi connectivity index (χ0) is 13.8. The first-order chi connectivity index (χ1) is 8.61. The molecule has 0 radical (unpaired) electrons. The molecule has 3 nitrogen and oxygen atoms in total. The van der Waals surface area contributed by atoms with Crippen molar-refractivity contribution in [3.05, 3.63) is 0 Å². The summed E-state index contributed by atoms with van der Waals surface area (Å²) >= 11 is 0. The zero-order valence-electron chi connectivity index (χ0n) is 12.3. The maximum Gasteiger partial charge on any atom is 0.220 e. The van der Waals surface area contributed by atoms with Crippen LogP contribution >= 0.6 is 0 Å². The van der Waals surface area contributed by atoms with Crippen LogP contribution in [0.15, 0.2) is 0 Å². The Bertz CT molecular complexity index is 239. The fourth-order valence-electron chi connectivity index (χ4n) is 1.94. The van der Waals surface area contributed by atoms with Crippen molar-refractivity contribution in [1.29, 1.82) is 0 Å². The first-order valence-corrected chi connectivity index (χ1v) is 7.43. The number of carbonyl (C=O) groups is 2. The number of hydrogen-bond donors (Lipinski definition) is 1. The summed E-state index contributed by atoms with van der Waals surface area (Å²) in [6.07, 6.45) is 9.48. The Balaban J connectivity index is 3.45. The lowest BCUT2D eigenvalue weighted by Gasteiger charge is -2.11. The number of unbranched alkanes of at least 4 members (excludes halogenated alkanes) is 6. The number of carbonyl (C=O) groups excluding carboxylic acids is 2. The molecular weight excluding hydrogens is 226 g/mol. The van der Waals surface area contributed by atoms with Gasteiger partial charge in [-0.2, -0.15) is 0 Å². The van der Waals surface area contributed by atoms with E-state index in [4.69, 9.17) is 0 Å². The number of rotatable bonds is 11. The Morgan fingerprint density at radius 3 is 2.06 bits per heavy atom. The molecule has 0 aromatic heterocycles. The summed E-state index contributed by atoms with van der Waals surface area (Å²) in [5.41, 5.74) is 0. The van der Waals surface area contributed by atoms with E-state index in [0.29, 0.717) is 12.8 Å². The molecule has 0 rings (SSSR count). The van der Waals surface area contributed by atoms with Gasteiger partial charge in [0, 0.05) is 12.8 Å². The van der Waals surface area contributed by atoms with Crippen molar-refractivity contribution in [2.24, 2.45) is 0 Å². The maximum atomic E-state index is 11.5. The fraction of sp³-hybridized carbons (Fsp3) is 0.867. The van der Waals surface area contributed by atoms with Gasteiger partial charge in [-0.05, 0) is 13.3 Å². The van der Waals surface area contributed by atoms with Crippen LogP contribution in [0.5, 0.6) is 0 Å². The van der Waals surface area contributed by atoms with Gasteiger partial charge in [0.1, 0.15) is 0 Å². The molecule has 1 unspecified atom stereocenters. The van der Waals surface area contributed by atoms with Crippen LogP contribution in [0.2, 0.25) is 0 Å². The molecule has 0 aromatic carbocycles. The lowest BCUT2D eigenvalue weighted by Crippen LogP contribution is -2.38. The SMILES string of the molecule is CCCCCCCCCC(=O)NC(C)C(=O)CC. The van der Waals surface area contributed by atoms with Crippen LogP contribution in [-0.2, 0) is 9.59 Å². The van der Waals surface area contributed by atoms with Gasteiger partial charge in [-0.1, -0.05) is 52.4 Å². The third-order valence-electron chi connectivity index (χ3n) is 3.22. The number of Topliss-reactive ketones (excluding diaryl/α,β-unsaturated/α-hetero) is 1. The summed E-state index contributed by atoms with van der Waals surface area (Å²) in [5.74, 6) is 0.112. The van der Waals surface area contributed by atoms with Crippen LogP contribution in [0.3, 0.4) is 0 Å². The second-order valence-corrected chi connectivity index (χ2v) is 4.98. The molecule has 1 N–H and O–H groups in total. The second kappa shape index (κ2) is 11.2. The van der Waals surface area contributed by atoms with Crippen LogP contribution in [0.1, 0.15) is 78.6 Å². The van der Waals surface area contributed by atoms with Gasteiger partial charge in [0.15, 0.2) is 5.78 Å². The molecule has 0 bridgehead atoms. The van der Waals surface area contributed by atoms with Gasteiger partial charge in [-0.25, -0.2) is 0 Å². The Kier molecular flexibility index (Phi) is 10.7. The molecule has 0 heterocycles. The fourth-order valence-corrected chi connectivity index (χ4v) is 1.94. The van der Waals surface area contributed by atoms with Crippen molar-refractivity contribution in [3.8, 4) is 0 Å². The normalized spacial score (nSPS) is 12.2. The second-order valence-electron chi connectivity index (χ2n) is 4.98. The van der Waals surface area contributed by atoms with Crippen molar-refractivity contribution in [2.45, 2.75) is 84.6 Å². The smallest absolute Gasteiger partial charge is 0.220 e. The molecular formula is C15H29NO2. The standard InChI is InChI=1S/C15H29NO2/c1-4-6-7-8-9-10-11-12-15(18)16-13(3)14(17)5-2/h13H,4-12H2,1-3H3,(H,16,18). The highest BCUT2D eigenvalue weighted by molar-refractivity contribution is 5.88. The minimum atomic E-state index is -0.327. The van der Waals surface area contributed by atoms with Crippen LogP contribution in [-0.4, -0.2) is 17.7 Å². The van der Waals surface area contributed by atoms with E-state index in [-0.39, 0.29) is 17.7 Å². The van der Waals surface area contributed by atoms with E-state index in [9.17, 15) is 9.59 Å². The van der Waals surface area contributed by atoms with Gasteiger partial charge in [0.2, 0.25) is 5.91 Å². The molecule has 0 fully saturated rings. The molecule has 0 aromatic rings. The first-order valence-electron chi connectivity index (χ1n) is 7.43. The van der Waals surface area contributed by atoms with Crippen LogP contribution in [0.4, 0.5) is 0 Å². The highest BCUT2D eigenvalue weighted by Gasteiger charge is 2.12. The lowest BCUT2D eigenvalue weighted by molar-refractivity contribution is -0.127. The minimum Gasteiger partial charge on any atom is -0.347 e. The van der Waals surface area contributed by atoms with Gasteiger partial charge < -0.3 is 5.32 Å². The highest BCUT2D eigenvalue weighted by atomic mass is 16.2. The Hall–Kier alpha value is -0.860. The van der Waals surface area contributed by atoms with E-state index >= 15 is 0 Å². The summed E-state index contributed by atoms with van der Waals surface area (Å²) in [4.78, 5) is 22.9. The van der Waals surface area contributed by atoms with E-state index in [2.05, 4.69) is 12.2 Å². The third-order valence-corrected chi connectivity index (χ3v) is 3.22. The van der Waals surface area contributed by atoms with Crippen LogP contribution < -0.4 is 5.32 Å². The summed E-state index contributed by atoms with van der Waals surface area (Å²) in [7, 11) is 0. The van der Waals surface area contributed by atoms with Crippen molar-refractivity contribution < 1.29 is 9.59 Å². The van der Waals surface area contributed by atoms with Gasteiger partial charge in [-0.3, -0.25) is 9.59 Å². The quantitative estimate of drug-likeness (QED) is 0.573. The Morgan fingerprint density at radius 1 is 0.944 bits per heavy atom. The average molecular weight is 255 g/mol. The molecule has 106 valence electrons. The summed E-state index contributed by atoms with van der Waals surface area (Å²) < 4.78 is 0. The van der Waals surface area contributed by atoms with E-state index in [1.807, 2.05) is 6.92 Å². The molecule has 1 amide bonds. The molecule has 1 atom stereocenters. The number of amides is 1. The predicted molar refractivity (Wildman–Crippen MR) is 75.5 cm³/mol. The van der Waals surface area contributed by atoms with E-state index in [1.54, 1.807) is 6.92 Å². The van der Waals surface area contributed by atoms with Crippen LogP contribution in [0, 0.1) is 0 Å². The van der Waals surface area contributed by atoms with Crippen molar-refractivity contribution in [2.75, 3.05) is 0 Å². The van der Waals surface area contributed by atoms with Crippen LogP contribution in [0.25, 0.3) is 0 Å². The first kappa shape index (κ1) is 17.1. The Labute approximate surface area is 112 Å². The molecule has 0 aliphatic rings. The predicted octanol–water partition coefficient (Wildman–Crippen LogP) is 3.61. The largest absolute Gasteiger partial charge is 0.347 e. The monoisotopic (exact) mass is 255 g/mol. The van der Waals surface area contributed by atoms with Crippen molar-refractivity contribution in [1.82, 2.24) is 5.32 Å². The number of hydrogen-bond acceptors (Lipinski definition) is 2. The molecule has 3 heteroatoms. The Morgan fingerprint density at radius 2 is 1.50 bits per heavy atom. The number of nitrogens with one attached hydrogen (secondary N) is 1. The van der Waals surface area contributed by atoms with E-state index in [1.165, 1.54) is 32.1 Å². The zero-order valence-corrected chi connectivity index (χ0v) is 12.3. The van der Waals surface area contributed by atoms with Gasteiger partial charge in [0.25, 0.3) is 0 Å². The van der Waals surface area contributed by atoms with Crippen molar-refractivity contribution in [3.63, 3.8) is 0 Å². The van der Waals surface area contributed by atoms with Crippen molar-refractivity contribution >= 4 is 11.7 Å². The molecule has 0 aliphatic heterocycles. The lowest BCUT2D eigenvalue weighted by atomic mass is 10.1. The maximum absolute atomic E-state index is 11.5. The summed E-state index contributed by atoms with van der Waals surface area (Å²) in [6.45, 7) is 5.79. The number of ketones is 1. The molecule has 0 saturated heterocycles. The van der Waals surface area contributed by atoms with Gasteiger partial charge >= 0.3 is 0 Å². The van der Waals surface area contributed by atoms with Gasteiger partial charge in [-0.15, -0.1) is 0 Å². The van der Waals surface area contributed by atoms with E-state index in [0.717, 1.165) is 12.8 Å². The average Bonchev–Trinajstić information content (AvgIpc) is 2.36. The summed E-state index contributed by atoms with van der Waals surface area (Å²) in [5, 5.41) is 2.75. The molecule has 0 aliphatic carbocycles. The molecule has 0 spiro atoms. The third kappa shape index (κ3) is 9.20. The van der Waals surface area contributed by atoms with E-state index < -0.39 is 0 Å². The minimum absolute atomic E-state index is 0.0119. The molecule has 18 heavy (non-hydrogen) atoms. The van der Waals surface area contributed by atoms with Gasteiger partial charge in [0.05, 0.1) is 6.04 Å². The topological polar surface area (TPSA) is 46.2 Å². The molecule has 0 saturated carbocycles. The summed E-state index contributed by atoms with van der Waals surface area (Å²) in [6, 6.07) is -0.327.